The molecule has 1 aliphatic heterocycles. The molecular formula is C17H27NO3. The van der Waals surface area contributed by atoms with Gasteiger partial charge in [-0.05, 0) is 44.4 Å². The first-order valence-corrected chi connectivity index (χ1v) is 7.86. The van der Waals surface area contributed by atoms with Gasteiger partial charge < -0.3 is 14.6 Å². The molecule has 2 atom stereocenters. The molecular weight excluding hydrogens is 266 g/mol. The summed E-state index contributed by atoms with van der Waals surface area (Å²) in [6, 6.07) is 8.68. The molecule has 1 aromatic rings. The number of β-amino-alcohol motifs (C(OH)–C–C–N with tert-alkyl or cyclic N) is 1. The highest BCUT2D eigenvalue weighted by atomic mass is 16.5. The van der Waals surface area contributed by atoms with Crippen molar-refractivity contribution in [3.8, 4) is 5.75 Å². The van der Waals surface area contributed by atoms with Gasteiger partial charge in [0.2, 0.25) is 0 Å². The third kappa shape index (κ3) is 4.70. The molecule has 2 rings (SSSR count). The fraction of sp³-hybridized carbons (Fsp3) is 0.647. The maximum absolute atomic E-state index is 10.0. The molecule has 4 nitrogen and oxygen atoms in total. The van der Waals surface area contributed by atoms with Crippen LogP contribution in [-0.2, 0) is 11.2 Å². The lowest BCUT2D eigenvalue weighted by Crippen LogP contribution is -2.39. The molecule has 21 heavy (non-hydrogen) atoms. The number of ether oxygens (including phenoxy) is 2. The lowest BCUT2D eigenvalue weighted by molar-refractivity contribution is 0.0188. The summed E-state index contributed by atoms with van der Waals surface area (Å²) in [5, 5.41) is 10.0. The summed E-state index contributed by atoms with van der Waals surface area (Å²) < 4.78 is 10.7. The van der Waals surface area contributed by atoms with E-state index in [0.29, 0.717) is 25.8 Å². The Kier molecular flexibility index (Phi) is 6.49. The largest absolute Gasteiger partial charge is 0.496 e. The minimum atomic E-state index is -0.400. The number of methoxy groups -OCH3 is 1. The van der Waals surface area contributed by atoms with Gasteiger partial charge in [-0.3, -0.25) is 4.90 Å². The van der Waals surface area contributed by atoms with E-state index in [9.17, 15) is 5.11 Å². The standard InChI is InChI=1S/C17H27NO3/c1-3-21-13-16(19)12-18-10-6-8-15(18)11-14-7-4-5-9-17(14)20-2/h4-5,7,9,15-16,19H,3,6,8,10-13H2,1-2H3/t15-,16+/m1/s1. The van der Waals surface area contributed by atoms with Crippen LogP contribution in [-0.4, -0.2) is 55.6 Å². The van der Waals surface area contributed by atoms with E-state index >= 15 is 0 Å². The van der Waals surface area contributed by atoms with Gasteiger partial charge in [0, 0.05) is 19.2 Å². The summed E-state index contributed by atoms with van der Waals surface area (Å²) in [4.78, 5) is 2.39. The predicted octanol–water partition coefficient (Wildman–Crippen LogP) is 2.10. The second-order valence-corrected chi connectivity index (χ2v) is 5.62. The smallest absolute Gasteiger partial charge is 0.122 e. The first kappa shape index (κ1) is 16.3. The van der Waals surface area contributed by atoms with Crippen LogP contribution in [0.3, 0.4) is 0 Å². The van der Waals surface area contributed by atoms with Gasteiger partial charge in [-0.15, -0.1) is 0 Å². The molecule has 4 heteroatoms. The lowest BCUT2D eigenvalue weighted by Gasteiger charge is -2.27. The molecule has 0 aliphatic carbocycles. The highest BCUT2D eigenvalue weighted by molar-refractivity contribution is 5.34. The van der Waals surface area contributed by atoms with E-state index in [1.807, 2.05) is 19.1 Å². The van der Waals surface area contributed by atoms with Crippen molar-refractivity contribution in [1.29, 1.82) is 0 Å². The maximum atomic E-state index is 10.0. The summed E-state index contributed by atoms with van der Waals surface area (Å²) in [5.41, 5.74) is 1.25. The van der Waals surface area contributed by atoms with Gasteiger partial charge in [0.1, 0.15) is 5.75 Å². The SMILES string of the molecule is CCOC[C@@H](O)CN1CCC[C@@H]1Cc1ccccc1OC. The van der Waals surface area contributed by atoms with E-state index in [1.54, 1.807) is 7.11 Å². The summed E-state index contributed by atoms with van der Waals surface area (Å²) >= 11 is 0. The number of rotatable bonds is 8. The van der Waals surface area contributed by atoms with E-state index < -0.39 is 6.10 Å². The van der Waals surface area contributed by atoms with E-state index in [-0.39, 0.29) is 0 Å². The Labute approximate surface area is 127 Å². The molecule has 1 aromatic carbocycles. The van der Waals surface area contributed by atoms with E-state index in [4.69, 9.17) is 9.47 Å². The molecule has 0 aromatic heterocycles. The van der Waals surface area contributed by atoms with Crippen LogP contribution in [0.4, 0.5) is 0 Å². The zero-order chi connectivity index (χ0) is 15.1. The molecule has 1 saturated heterocycles. The third-order valence-corrected chi connectivity index (χ3v) is 4.11. The summed E-state index contributed by atoms with van der Waals surface area (Å²) in [6.07, 6.45) is 2.95. The molecule has 1 aliphatic rings. The van der Waals surface area contributed by atoms with Gasteiger partial charge in [0.25, 0.3) is 0 Å². The van der Waals surface area contributed by atoms with E-state index in [0.717, 1.165) is 18.7 Å². The predicted molar refractivity (Wildman–Crippen MR) is 83.8 cm³/mol. The molecule has 0 radical (unpaired) electrons. The molecule has 0 bridgehead atoms. The summed E-state index contributed by atoms with van der Waals surface area (Å²) in [5.74, 6) is 0.958. The molecule has 1 heterocycles. The zero-order valence-corrected chi connectivity index (χ0v) is 13.1. The minimum absolute atomic E-state index is 0.400. The van der Waals surface area contributed by atoms with E-state index in [2.05, 4.69) is 17.0 Å². The Morgan fingerprint density at radius 3 is 2.95 bits per heavy atom. The van der Waals surface area contributed by atoms with E-state index in [1.165, 1.54) is 18.4 Å². The molecule has 0 saturated carbocycles. The van der Waals surface area contributed by atoms with Crippen molar-refractivity contribution >= 4 is 0 Å². The number of aliphatic hydroxyl groups is 1. The first-order chi connectivity index (χ1) is 10.2. The highest BCUT2D eigenvalue weighted by Gasteiger charge is 2.27. The van der Waals surface area contributed by atoms with Crippen LogP contribution in [0.15, 0.2) is 24.3 Å². The van der Waals surface area contributed by atoms with Crippen LogP contribution >= 0.6 is 0 Å². The van der Waals surface area contributed by atoms with Crippen molar-refractivity contribution < 1.29 is 14.6 Å². The molecule has 0 amide bonds. The molecule has 0 spiro atoms. The quantitative estimate of drug-likeness (QED) is 0.797. The number of hydrogen-bond donors (Lipinski definition) is 1. The van der Waals surface area contributed by atoms with Gasteiger partial charge in [0.05, 0.1) is 19.8 Å². The van der Waals surface area contributed by atoms with Crippen molar-refractivity contribution in [3.63, 3.8) is 0 Å². The number of likely N-dealkylation sites (tertiary alicyclic amines) is 1. The Morgan fingerprint density at radius 1 is 1.38 bits per heavy atom. The van der Waals surface area contributed by atoms with Gasteiger partial charge in [-0.2, -0.15) is 0 Å². The molecule has 0 unspecified atom stereocenters. The second kappa shape index (κ2) is 8.37. The zero-order valence-electron chi connectivity index (χ0n) is 13.1. The number of hydrogen-bond acceptors (Lipinski definition) is 4. The maximum Gasteiger partial charge on any atom is 0.122 e. The number of para-hydroxylation sites is 1. The average Bonchev–Trinajstić information content (AvgIpc) is 2.92. The third-order valence-electron chi connectivity index (χ3n) is 4.11. The normalized spacial score (nSPS) is 20.6. The van der Waals surface area contributed by atoms with Crippen LogP contribution in [0.25, 0.3) is 0 Å². The monoisotopic (exact) mass is 293 g/mol. The Bertz CT molecular complexity index is 424. The molecule has 1 N–H and O–H groups in total. The lowest BCUT2D eigenvalue weighted by atomic mass is 10.0. The van der Waals surface area contributed by atoms with Crippen LogP contribution in [0.1, 0.15) is 25.3 Å². The van der Waals surface area contributed by atoms with Crippen molar-refractivity contribution in [2.45, 2.75) is 38.3 Å². The van der Waals surface area contributed by atoms with Crippen molar-refractivity contribution in [2.75, 3.05) is 33.4 Å². The number of benzene rings is 1. The van der Waals surface area contributed by atoms with Crippen molar-refractivity contribution in [3.05, 3.63) is 29.8 Å². The first-order valence-electron chi connectivity index (χ1n) is 7.86. The fourth-order valence-electron chi connectivity index (χ4n) is 3.07. The Hall–Kier alpha value is -1.10. The Balaban J connectivity index is 1.92. The van der Waals surface area contributed by atoms with Crippen LogP contribution in [0.5, 0.6) is 5.75 Å². The molecule has 118 valence electrons. The summed E-state index contributed by atoms with van der Waals surface area (Å²) in [7, 11) is 1.72. The Morgan fingerprint density at radius 2 is 2.19 bits per heavy atom. The van der Waals surface area contributed by atoms with Gasteiger partial charge in [-0.1, -0.05) is 18.2 Å². The summed E-state index contributed by atoms with van der Waals surface area (Å²) in [6.45, 7) is 4.78. The number of aliphatic hydroxyl groups excluding tert-OH is 1. The van der Waals surface area contributed by atoms with Crippen LogP contribution < -0.4 is 4.74 Å². The topological polar surface area (TPSA) is 41.9 Å². The second-order valence-electron chi connectivity index (χ2n) is 5.62. The highest BCUT2D eigenvalue weighted by Crippen LogP contribution is 2.26. The van der Waals surface area contributed by atoms with Gasteiger partial charge >= 0.3 is 0 Å². The van der Waals surface area contributed by atoms with Gasteiger partial charge in [-0.25, -0.2) is 0 Å². The number of nitrogens with zero attached hydrogens (tertiary/aromatic N) is 1. The van der Waals surface area contributed by atoms with Crippen LogP contribution in [0, 0.1) is 0 Å². The van der Waals surface area contributed by atoms with Crippen molar-refractivity contribution in [2.24, 2.45) is 0 Å². The van der Waals surface area contributed by atoms with Crippen LogP contribution in [0.2, 0.25) is 0 Å². The minimum Gasteiger partial charge on any atom is -0.496 e. The van der Waals surface area contributed by atoms with Crippen molar-refractivity contribution in [1.82, 2.24) is 4.90 Å². The van der Waals surface area contributed by atoms with Gasteiger partial charge in [0.15, 0.2) is 0 Å². The fourth-order valence-corrected chi connectivity index (χ4v) is 3.07. The average molecular weight is 293 g/mol. The molecule has 1 fully saturated rings.